The number of fused-ring (bicyclic) bond motifs is 3. The maximum atomic E-state index is 6.20. The van der Waals surface area contributed by atoms with Crippen molar-refractivity contribution in [2.75, 3.05) is 5.73 Å². The summed E-state index contributed by atoms with van der Waals surface area (Å²) in [6.45, 7) is 0.378. The maximum Gasteiger partial charge on any atom is 0.129 e. The Kier molecular flexibility index (Phi) is 3.06. The topological polar surface area (TPSA) is 102 Å². The van der Waals surface area contributed by atoms with E-state index >= 15 is 0 Å². The van der Waals surface area contributed by atoms with E-state index in [9.17, 15) is 0 Å². The molecule has 6 nitrogen and oxygen atoms in total. The molecule has 0 saturated heterocycles. The Morgan fingerprint density at radius 3 is 2.86 bits per heavy atom. The van der Waals surface area contributed by atoms with Gasteiger partial charge >= 0.3 is 0 Å². The molecule has 0 bridgehead atoms. The lowest BCUT2D eigenvalue weighted by molar-refractivity contribution is 0.548. The molecule has 22 heavy (non-hydrogen) atoms. The third-order valence-corrected chi connectivity index (χ3v) is 4.42. The number of hydrogen-bond donors (Lipinski definition) is 4. The highest BCUT2D eigenvalue weighted by Gasteiger charge is 2.31. The molecule has 6 N–H and O–H groups in total. The van der Waals surface area contributed by atoms with Gasteiger partial charge < -0.3 is 16.9 Å². The van der Waals surface area contributed by atoms with Crippen LogP contribution in [0.2, 0.25) is 0 Å². The van der Waals surface area contributed by atoms with Gasteiger partial charge in [-0.15, -0.1) is 0 Å². The second-order valence-electron chi connectivity index (χ2n) is 5.60. The lowest BCUT2D eigenvalue weighted by Gasteiger charge is -2.27. The summed E-state index contributed by atoms with van der Waals surface area (Å²) < 4.78 is 0. The van der Waals surface area contributed by atoms with Crippen LogP contribution >= 0.6 is 0 Å². The Bertz CT molecular complexity index is 753. The minimum absolute atomic E-state index is 0.299. The van der Waals surface area contributed by atoms with Gasteiger partial charge in [0.15, 0.2) is 0 Å². The summed E-state index contributed by atoms with van der Waals surface area (Å²) >= 11 is 0. The normalized spacial score (nSPS) is 19.1. The molecular formula is C16H18N6. The highest BCUT2D eigenvalue weighted by molar-refractivity contribution is 5.83. The van der Waals surface area contributed by atoms with Crippen molar-refractivity contribution in [1.29, 1.82) is 0 Å². The molecule has 1 atom stereocenters. The summed E-state index contributed by atoms with van der Waals surface area (Å²) in [5.41, 5.74) is 25.0. The largest absolute Gasteiger partial charge is 0.383 e. The number of nitrogens with one attached hydrogen (secondary N) is 2. The number of rotatable bonds is 2. The first kappa shape index (κ1) is 13.2. The number of aromatic nitrogens is 2. The Morgan fingerprint density at radius 1 is 1.27 bits per heavy atom. The number of nitrogens with two attached hydrogens (primary N) is 2. The highest BCUT2D eigenvalue weighted by atomic mass is 15.4. The van der Waals surface area contributed by atoms with E-state index in [0.717, 1.165) is 35.2 Å². The zero-order chi connectivity index (χ0) is 15.1. The van der Waals surface area contributed by atoms with Gasteiger partial charge in [-0.3, -0.25) is 4.98 Å². The summed E-state index contributed by atoms with van der Waals surface area (Å²) in [4.78, 5) is 8.75. The van der Waals surface area contributed by atoms with Gasteiger partial charge in [-0.1, -0.05) is 0 Å². The third kappa shape index (κ3) is 1.88. The molecular weight excluding hydrogens is 276 g/mol. The smallest absolute Gasteiger partial charge is 0.129 e. The van der Waals surface area contributed by atoms with Crippen molar-refractivity contribution in [1.82, 2.24) is 20.8 Å². The second kappa shape index (κ2) is 5.08. The van der Waals surface area contributed by atoms with Crippen molar-refractivity contribution in [2.24, 2.45) is 5.73 Å². The zero-order valence-corrected chi connectivity index (χ0v) is 12.1. The predicted octanol–water partition coefficient (Wildman–Crippen LogP) is 0.948. The molecule has 0 aromatic carbocycles. The van der Waals surface area contributed by atoms with Gasteiger partial charge in [0.1, 0.15) is 5.82 Å². The van der Waals surface area contributed by atoms with Crippen LogP contribution in [0.1, 0.15) is 23.2 Å². The van der Waals surface area contributed by atoms with Crippen LogP contribution in [0, 0.1) is 0 Å². The number of anilines is 1. The monoisotopic (exact) mass is 294 g/mol. The van der Waals surface area contributed by atoms with E-state index in [1.54, 1.807) is 12.4 Å². The number of nitrogen functional groups attached to an aromatic ring is 1. The fourth-order valence-corrected chi connectivity index (χ4v) is 3.39. The molecule has 1 aliphatic heterocycles. The van der Waals surface area contributed by atoms with Crippen LogP contribution in [0.25, 0.3) is 16.7 Å². The van der Waals surface area contributed by atoms with Gasteiger partial charge in [0.2, 0.25) is 0 Å². The second-order valence-corrected chi connectivity index (χ2v) is 5.60. The molecule has 2 aromatic rings. The van der Waals surface area contributed by atoms with Crippen molar-refractivity contribution in [3.63, 3.8) is 0 Å². The van der Waals surface area contributed by atoms with Crippen molar-refractivity contribution in [2.45, 2.75) is 25.4 Å². The SMILES string of the molecule is NCc1c(N)nc2c(c1-c1ccncc1)CCC1NNC=C21. The average Bonchev–Trinajstić information content (AvgIpc) is 3.03. The van der Waals surface area contributed by atoms with Crippen LogP contribution in [0.15, 0.2) is 30.7 Å². The number of hydrogen-bond acceptors (Lipinski definition) is 6. The molecule has 2 aromatic heterocycles. The molecule has 1 unspecified atom stereocenters. The van der Waals surface area contributed by atoms with Crippen LogP contribution in [0.4, 0.5) is 5.82 Å². The Morgan fingerprint density at radius 2 is 2.09 bits per heavy atom. The molecule has 0 amide bonds. The predicted molar refractivity (Wildman–Crippen MR) is 86.1 cm³/mol. The summed E-state index contributed by atoms with van der Waals surface area (Å²) in [6, 6.07) is 4.30. The van der Waals surface area contributed by atoms with Gasteiger partial charge in [0.05, 0.1) is 11.7 Å². The minimum atomic E-state index is 0.299. The molecule has 4 rings (SSSR count). The minimum Gasteiger partial charge on any atom is -0.383 e. The lowest BCUT2D eigenvalue weighted by atomic mass is 9.82. The average molecular weight is 294 g/mol. The summed E-state index contributed by atoms with van der Waals surface area (Å²) in [7, 11) is 0. The van der Waals surface area contributed by atoms with Crippen LogP contribution in [-0.4, -0.2) is 16.0 Å². The lowest BCUT2D eigenvalue weighted by Crippen LogP contribution is -2.34. The summed E-state index contributed by atoms with van der Waals surface area (Å²) in [5, 5.41) is 0. The molecule has 112 valence electrons. The van der Waals surface area contributed by atoms with Gasteiger partial charge in [0, 0.05) is 36.3 Å². The molecule has 0 saturated carbocycles. The Balaban J connectivity index is 2.00. The first-order valence-electron chi connectivity index (χ1n) is 7.42. The van der Waals surface area contributed by atoms with Crippen LogP contribution in [0.5, 0.6) is 0 Å². The van der Waals surface area contributed by atoms with Crippen LogP contribution < -0.4 is 22.3 Å². The van der Waals surface area contributed by atoms with E-state index in [-0.39, 0.29) is 0 Å². The summed E-state index contributed by atoms with van der Waals surface area (Å²) in [6.07, 6.45) is 7.54. The van der Waals surface area contributed by atoms with Crippen molar-refractivity contribution < 1.29 is 0 Å². The van der Waals surface area contributed by atoms with Gasteiger partial charge in [-0.25, -0.2) is 10.4 Å². The Hall–Kier alpha value is -2.44. The van der Waals surface area contributed by atoms with Crippen molar-refractivity contribution in [3.8, 4) is 11.1 Å². The first-order valence-corrected chi connectivity index (χ1v) is 7.42. The van der Waals surface area contributed by atoms with E-state index in [4.69, 9.17) is 11.5 Å². The van der Waals surface area contributed by atoms with E-state index in [1.165, 1.54) is 11.1 Å². The molecule has 3 heterocycles. The molecule has 1 aliphatic carbocycles. The summed E-state index contributed by atoms with van der Waals surface area (Å²) in [5.74, 6) is 0.515. The molecule has 0 fully saturated rings. The molecule has 2 aliphatic rings. The number of nitrogens with zero attached hydrogens (tertiary/aromatic N) is 2. The van der Waals surface area contributed by atoms with E-state index in [0.29, 0.717) is 18.4 Å². The van der Waals surface area contributed by atoms with Crippen LogP contribution in [-0.2, 0) is 13.0 Å². The first-order chi connectivity index (χ1) is 10.8. The third-order valence-electron chi connectivity index (χ3n) is 4.42. The fraction of sp³-hybridized carbons (Fsp3) is 0.250. The molecule has 6 heteroatoms. The fourth-order valence-electron chi connectivity index (χ4n) is 3.39. The van der Waals surface area contributed by atoms with E-state index in [1.807, 2.05) is 18.3 Å². The van der Waals surface area contributed by atoms with E-state index in [2.05, 4.69) is 20.8 Å². The standard InChI is InChI=1S/C16H18N6/c17-7-11-14(9-3-5-19-6-4-9)10-1-2-13-12(8-20-22-13)15(10)21-16(11)18/h3-6,8,13,20,22H,1-2,7,17H2,(H2,18,21). The van der Waals surface area contributed by atoms with Gasteiger partial charge in [0.25, 0.3) is 0 Å². The van der Waals surface area contributed by atoms with Crippen molar-refractivity contribution >= 4 is 11.4 Å². The van der Waals surface area contributed by atoms with E-state index < -0.39 is 0 Å². The molecule has 0 spiro atoms. The molecule has 0 radical (unpaired) electrons. The quantitative estimate of drug-likeness (QED) is 0.658. The number of pyridine rings is 2. The van der Waals surface area contributed by atoms with Gasteiger partial charge in [-0.05, 0) is 41.7 Å². The van der Waals surface area contributed by atoms with Gasteiger partial charge in [-0.2, -0.15) is 0 Å². The highest BCUT2D eigenvalue weighted by Crippen LogP contribution is 2.40. The Labute approximate surface area is 128 Å². The van der Waals surface area contributed by atoms with Crippen LogP contribution in [0.3, 0.4) is 0 Å². The maximum absolute atomic E-state index is 6.20. The zero-order valence-electron chi connectivity index (χ0n) is 12.1. The number of hydrazine groups is 1. The van der Waals surface area contributed by atoms with Crippen molar-refractivity contribution in [3.05, 3.63) is 47.5 Å².